The number of hydrogen-bond donors (Lipinski definition) is 1. The maximum atomic E-state index is 12.1. The van der Waals surface area contributed by atoms with Crippen molar-refractivity contribution in [3.05, 3.63) is 63.4 Å². The zero-order valence-electron chi connectivity index (χ0n) is 12.7. The van der Waals surface area contributed by atoms with Crippen LogP contribution >= 0.6 is 22.9 Å². The summed E-state index contributed by atoms with van der Waals surface area (Å²) in [6, 6.07) is 6.02. The molecule has 0 aliphatic rings. The summed E-state index contributed by atoms with van der Waals surface area (Å²) >= 11 is 7.60. The molecule has 0 saturated heterocycles. The van der Waals surface area contributed by atoms with Crippen LogP contribution in [0.1, 0.15) is 26.4 Å². The van der Waals surface area contributed by atoms with Crippen LogP contribution in [-0.2, 0) is 13.5 Å². The van der Waals surface area contributed by atoms with Gasteiger partial charge in [-0.1, -0.05) is 23.7 Å². The minimum atomic E-state index is -0.211. The average Bonchev–Trinajstić information content (AvgIpc) is 3.12. The number of halogens is 1. The van der Waals surface area contributed by atoms with Crippen molar-refractivity contribution in [3.63, 3.8) is 0 Å². The normalized spacial score (nSPS) is 10.7. The molecule has 2 aromatic heterocycles. The van der Waals surface area contributed by atoms with E-state index in [9.17, 15) is 4.79 Å². The number of nitrogens with zero attached hydrogens (tertiary/aromatic N) is 3. The molecule has 23 heavy (non-hydrogen) atoms. The van der Waals surface area contributed by atoms with Crippen molar-refractivity contribution in [2.45, 2.75) is 13.3 Å². The van der Waals surface area contributed by atoms with Crippen LogP contribution in [0.5, 0.6) is 0 Å². The number of benzene rings is 1. The number of thiazole rings is 1. The maximum absolute atomic E-state index is 12.1. The van der Waals surface area contributed by atoms with Crippen LogP contribution in [0.3, 0.4) is 0 Å². The summed E-state index contributed by atoms with van der Waals surface area (Å²) in [7, 11) is 1.77. The summed E-state index contributed by atoms with van der Waals surface area (Å²) in [5, 5.41) is 8.11. The molecular formula is C16H15ClN4OS. The molecule has 7 heteroatoms. The summed E-state index contributed by atoms with van der Waals surface area (Å²) < 4.78 is 1.59. The molecule has 2 heterocycles. The first kappa shape index (κ1) is 15.7. The minimum Gasteiger partial charge on any atom is -0.298 e. The lowest BCUT2D eigenvalue weighted by Gasteiger charge is -2.02. The molecule has 0 saturated carbocycles. The lowest BCUT2D eigenvalue weighted by molar-refractivity contribution is 0.102. The molecule has 0 spiro atoms. The monoisotopic (exact) mass is 346 g/mol. The van der Waals surface area contributed by atoms with Crippen molar-refractivity contribution < 1.29 is 4.79 Å². The number of hydrogen-bond acceptors (Lipinski definition) is 4. The van der Waals surface area contributed by atoms with Gasteiger partial charge in [0.2, 0.25) is 0 Å². The molecule has 1 aromatic carbocycles. The van der Waals surface area contributed by atoms with Gasteiger partial charge in [0.25, 0.3) is 5.91 Å². The second-order valence-corrected chi connectivity index (χ2v) is 6.77. The van der Waals surface area contributed by atoms with Gasteiger partial charge in [-0.2, -0.15) is 5.10 Å². The third-order valence-corrected chi connectivity index (χ3v) is 4.68. The molecule has 0 aliphatic carbocycles. The summed E-state index contributed by atoms with van der Waals surface area (Å²) in [4.78, 5) is 17.4. The molecule has 3 aromatic rings. The van der Waals surface area contributed by atoms with Crippen LogP contribution in [0.15, 0.2) is 36.8 Å². The van der Waals surface area contributed by atoms with E-state index >= 15 is 0 Å². The van der Waals surface area contributed by atoms with Crippen LogP contribution < -0.4 is 5.32 Å². The molecule has 0 atom stereocenters. The highest BCUT2D eigenvalue weighted by Crippen LogP contribution is 2.24. The Labute approximate surface area is 142 Å². The molecule has 0 unspecified atom stereocenters. The Balaban J connectivity index is 1.68. The average molecular weight is 347 g/mol. The fourth-order valence-electron chi connectivity index (χ4n) is 2.10. The van der Waals surface area contributed by atoms with E-state index < -0.39 is 0 Å². The Morgan fingerprint density at radius 2 is 2.22 bits per heavy atom. The standard InChI is InChI=1S/C16H15ClN4OS/c1-10-3-4-11(6-14(10)17)5-13-8-18-16(23-13)20-15(22)12-7-19-21(2)9-12/h3-4,6-9H,5H2,1-2H3,(H,18,20,22). The summed E-state index contributed by atoms with van der Waals surface area (Å²) in [6.07, 6.45) is 5.70. The highest BCUT2D eigenvalue weighted by atomic mass is 35.5. The van der Waals surface area contributed by atoms with Crippen molar-refractivity contribution in [1.82, 2.24) is 14.8 Å². The Kier molecular flexibility index (Phi) is 4.45. The smallest absolute Gasteiger partial charge is 0.260 e. The second kappa shape index (κ2) is 6.52. The highest BCUT2D eigenvalue weighted by molar-refractivity contribution is 7.15. The summed E-state index contributed by atoms with van der Waals surface area (Å²) in [5.74, 6) is -0.211. The molecule has 1 amide bonds. The Morgan fingerprint density at radius 3 is 2.91 bits per heavy atom. The molecule has 118 valence electrons. The van der Waals surface area contributed by atoms with Gasteiger partial charge in [-0.3, -0.25) is 14.8 Å². The van der Waals surface area contributed by atoms with Gasteiger partial charge in [0.05, 0.1) is 11.8 Å². The largest absolute Gasteiger partial charge is 0.298 e. The number of aromatic nitrogens is 3. The molecule has 0 radical (unpaired) electrons. The van der Waals surface area contributed by atoms with Gasteiger partial charge in [0.1, 0.15) is 0 Å². The Morgan fingerprint density at radius 1 is 1.39 bits per heavy atom. The van der Waals surface area contributed by atoms with E-state index in [1.54, 1.807) is 24.1 Å². The fraction of sp³-hybridized carbons (Fsp3) is 0.188. The maximum Gasteiger partial charge on any atom is 0.260 e. The van der Waals surface area contributed by atoms with Crippen molar-refractivity contribution in [2.75, 3.05) is 5.32 Å². The molecular weight excluding hydrogens is 332 g/mol. The van der Waals surface area contributed by atoms with E-state index in [1.165, 1.54) is 17.5 Å². The molecule has 0 bridgehead atoms. The van der Waals surface area contributed by atoms with Gasteiger partial charge >= 0.3 is 0 Å². The zero-order chi connectivity index (χ0) is 16.4. The molecule has 1 N–H and O–H groups in total. The number of carbonyl (C=O) groups is 1. The van der Waals surface area contributed by atoms with Crippen LogP contribution in [0, 0.1) is 6.92 Å². The molecule has 5 nitrogen and oxygen atoms in total. The lowest BCUT2D eigenvalue weighted by atomic mass is 10.1. The Hall–Kier alpha value is -2.18. The molecule has 0 aliphatic heterocycles. The van der Waals surface area contributed by atoms with E-state index in [1.807, 2.05) is 19.1 Å². The van der Waals surface area contributed by atoms with Crippen LogP contribution in [-0.4, -0.2) is 20.7 Å². The lowest BCUT2D eigenvalue weighted by Crippen LogP contribution is -2.10. The van der Waals surface area contributed by atoms with E-state index in [0.29, 0.717) is 10.7 Å². The van der Waals surface area contributed by atoms with Gasteiger partial charge in [0, 0.05) is 35.8 Å². The summed E-state index contributed by atoms with van der Waals surface area (Å²) in [6.45, 7) is 1.98. The van der Waals surface area contributed by atoms with E-state index in [4.69, 9.17) is 11.6 Å². The number of rotatable bonds is 4. The quantitative estimate of drug-likeness (QED) is 0.783. The Bertz CT molecular complexity index is 855. The third kappa shape index (κ3) is 3.78. The van der Waals surface area contributed by atoms with E-state index in [-0.39, 0.29) is 5.91 Å². The number of amides is 1. The zero-order valence-corrected chi connectivity index (χ0v) is 14.3. The van der Waals surface area contributed by atoms with Crippen molar-refractivity contribution in [2.24, 2.45) is 7.05 Å². The first-order chi connectivity index (χ1) is 11.0. The van der Waals surface area contributed by atoms with Gasteiger partial charge in [-0.25, -0.2) is 4.98 Å². The SMILES string of the molecule is Cc1ccc(Cc2cnc(NC(=O)c3cnn(C)c3)s2)cc1Cl. The van der Waals surface area contributed by atoms with Crippen LogP contribution in [0.25, 0.3) is 0 Å². The number of carbonyl (C=O) groups excluding carboxylic acids is 1. The second-order valence-electron chi connectivity index (χ2n) is 5.25. The first-order valence-electron chi connectivity index (χ1n) is 7.01. The van der Waals surface area contributed by atoms with Gasteiger partial charge in [0.15, 0.2) is 5.13 Å². The first-order valence-corrected chi connectivity index (χ1v) is 8.20. The fourth-order valence-corrected chi connectivity index (χ4v) is 3.15. The van der Waals surface area contributed by atoms with Crippen molar-refractivity contribution in [1.29, 1.82) is 0 Å². The molecule has 3 rings (SSSR count). The van der Waals surface area contributed by atoms with Crippen LogP contribution in [0.4, 0.5) is 5.13 Å². The summed E-state index contributed by atoms with van der Waals surface area (Å²) in [5.41, 5.74) is 2.69. The minimum absolute atomic E-state index is 0.211. The van der Waals surface area contributed by atoms with Crippen LogP contribution in [0.2, 0.25) is 5.02 Å². The van der Waals surface area contributed by atoms with Crippen molar-refractivity contribution >= 4 is 34.0 Å². The molecule has 0 fully saturated rings. The predicted octanol–water partition coefficient (Wildman–Crippen LogP) is 3.68. The van der Waals surface area contributed by atoms with Gasteiger partial charge < -0.3 is 0 Å². The predicted molar refractivity (Wildman–Crippen MR) is 92.3 cm³/mol. The van der Waals surface area contributed by atoms with Gasteiger partial charge in [-0.15, -0.1) is 11.3 Å². The van der Waals surface area contributed by atoms with E-state index in [2.05, 4.69) is 21.5 Å². The third-order valence-electron chi connectivity index (χ3n) is 3.36. The van der Waals surface area contributed by atoms with Gasteiger partial charge in [-0.05, 0) is 24.1 Å². The number of aryl methyl sites for hydroxylation is 2. The van der Waals surface area contributed by atoms with E-state index in [0.717, 1.165) is 27.4 Å². The number of anilines is 1. The highest BCUT2D eigenvalue weighted by Gasteiger charge is 2.11. The number of nitrogens with one attached hydrogen (secondary N) is 1. The topological polar surface area (TPSA) is 59.8 Å². The van der Waals surface area contributed by atoms with Crippen molar-refractivity contribution in [3.8, 4) is 0 Å².